The molecular weight excluding hydrogens is 350 g/mol. The fraction of sp³-hybridized carbons (Fsp3) is 0.350. The lowest BCUT2D eigenvalue weighted by molar-refractivity contribution is 0.0834. The number of carbonyl (C=O) groups is 1. The summed E-state index contributed by atoms with van der Waals surface area (Å²) < 4.78 is 1.09. The predicted molar refractivity (Wildman–Crippen MR) is 95.8 cm³/mol. The molecule has 1 saturated heterocycles. The molecular formula is C20H20BrNO. The molecule has 118 valence electrons. The molecule has 0 N–H and O–H groups in total. The second-order valence-corrected chi connectivity index (χ2v) is 7.69. The summed E-state index contributed by atoms with van der Waals surface area (Å²) in [5.74, 6) is 0.908. The summed E-state index contributed by atoms with van der Waals surface area (Å²) in [4.78, 5) is 15.3. The average molecular weight is 370 g/mol. The Bertz CT molecular complexity index is 756. The fourth-order valence-corrected chi connectivity index (χ4v) is 4.81. The van der Waals surface area contributed by atoms with Gasteiger partial charge in [-0.15, -0.1) is 0 Å². The molecule has 0 radical (unpaired) electrons. The highest BCUT2D eigenvalue weighted by molar-refractivity contribution is 9.10. The molecule has 0 amide bonds. The SMILES string of the molecule is Cc1cc(Br)cc2c1C(=O)[C@H]1CCN(Cc3ccccc3)C[C@@H]21. The molecule has 1 aliphatic heterocycles. The molecule has 2 atom stereocenters. The van der Waals surface area contributed by atoms with Crippen molar-refractivity contribution in [3.8, 4) is 0 Å². The van der Waals surface area contributed by atoms with Crippen LogP contribution in [0.5, 0.6) is 0 Å². The Balaban J connectivity index is 1.61. The molecule has 1 heterocycles. The summed E-state index contributed by atoms with van der Waals surface area (Å²) >= 11 is 3.60. The average Bonchev–Trinajstić information content (AvgIpc) is 2.81. The van der Waals surface area contributed by atoms with Gasteiger partial charge < -0.3 is 0 Å². The van der Waals surface area contributed by atoms with E-state index >= 15 is 0 Å². The number of benzene rings is 2. The summed E-state index contributed by atoms with van der Waals surface area (Å²) in [5, 5.41) is 0. The standard InChI is InChI=1S/C20H20BrNO/c1-13-9-15(21)10-17-18-12-22(11-14-5-3-2-4-6-14)8-7-16(18)20(23)19(13)17/h2-6,9-10,16,18H,7-8,11-12H2,1H3/t16-,18+/m0/s1. The molecule has 1 fully saturated rings. The summed E-state index contributed by atoms with van der Waals surface area (Å²) in [6, 6.07) is 14.8. The second kappa shape index (κ2) is 5.88. The minimum Gasteiger partial charge on any atom is -0.298 e. The molecule has 0 spiro atoms. The first-order valence-corrected chi connectivity index (χ1v) is 9.03. The first-order valence-electron chi connectivity index (χ1n) is 8.24. The highest BCUT2D eigenvalue weighted by atomic mass is 79.9. The van der Waals surface area contributed by atoms with Crippen molar-refractivity contribution in [2.24, 2.45) is 5.92 Å². The smallest absolute Gasteiger partial charge is 0.167 e. The van der Waals surface area contributed by atoms with Gasteiger partial charge in [0.1, 0.15) is 0 Å². The quantitative estimate of drug-likeness (QED) is 0.773. The highest BCUT2D eigenvalue weighted by Gasteiger charge is 2.43. The zero-order chi connectivity index (χ0) is 16.0. The van der Waals surface area contributed by atoms with E-state index in [1.807, 2.05) is 0 Å². The van der Waals surface area contributed by atoms with Crippen LogP contribution in [0, 0.1) is 12.8 Å². The molecule has 2 nitrogen and oxygen atoms in total. The first-order chi connectivity index (χ1) is 11.1. The maximum Gasteiger partial charge on any atom is 0.167 e. The number of halogens is 1. The number of hydrogen-bond donors (Lipinski definition) is 0. The van der Waals surface area contributed by atoms with Crippen LogP contribution in [0.3, 0.4) is 0 Å². The lowest BCUT2D eigenvalue weighted by Gasteiger charge is -2.34. The Kier molecular flexibility index (Phi) is 3.86. The second-order valence-electron chi connectivity index (χ2n) is 6.77. The van der Waals surface area contributed by atoms with E-state index < -0.39 is 0 Å². The number of rotatable bonds is 2. The number of likely N-dealkylation sites (tertiary alicyclic amines) is 1. The van der Waals surface area contributed by atoms with Crippen molar-refractivity contribution < 1.29 is 4.79 Å². The molecule has 0 bridgehead atoms. The van der Waals surface area contributed by atoms with Crippen LogP contribution in [-0.4, -0.2) is 23.8 Å². The molecule has 0 aromatic heterocycles. The lowest BCUT2D eigenvalue weighted by Crippen LogP contribution is -2.38. The van der Waals surface area contributed by atoms with E-state index in [-0.39, 0.29) is 5.92 Å². The number of aryl methyl sites for hydroxylation is 1. The third-order valence-electron chi connectivity index (χ3n) is 5.26. The number of ketones is 1. The third-order valence-corrected chi connectivity index (χ3v) is 5.72. The van der Waals surface area contributed by atoms with Crippen molar-refractivity contribution in [1.82, 2.24) is 4.90 Å². The largest absolute Gasteiger partial charge is 0.298 e. The molecule has 4 rings (SSSR count). The third kappa shape index (κ3) is 2.66. The zero-order valence-electron chi connectivity index (χ0n) is 13.3. The summed E-state index contributed by atoms with van der Waals surface area (Å²) in [7, 11) is 0. The fourth-order valence-electron chi connectivity index (χ4n) is 4.22. The van der Waals surface area contributed by atoms with E-state index in [0.717, 1.165) is 41.7 Å². The van der Waals surface area contributed by atoms with Gasteiger partial charge in [-0.05, 0) is 48.7 Å². The van der Waals surface area contributed by atoms with Gasteiger partial charge in [-0.1, -0.05) is 46.3 Å². The summed E-state index contributed by atoms with van der Waals surface area (Å²) in [6.45, 7) is 5.02. The molecule has 0 unspecified atom stereocenters. The number of carbonyl (C=O) groups excluding carboxylic acids is 1. The van der Waals surface area contributed by atoms with Gasteiger partial charge in [-0.2, -0.15) is 0 Å². The van der Waals surface area contributed by atoms with E-state index in [4.69, 9.17) is 0 Å². The van der Waals surface area contributed by atoms with Gasteiger partial charge in [0.05, 0.1) is 0 Å². The van der Waals surface area contributed by atoms with Crippen molar-refractivity contribution in [3.05, 3.63) is 69.2 Å². The highest BCUT2D eigenvalue weighted by Crippen LogP contribution is 2.45. The molecule has 0 saturated carbocycles. The van der Waals surface area contributed by atoms with E-state index in [1.165, 1.54) is 11.1 Å². The molecule has 2 aromatic carbocycles. The van der Waals surface area contributed by atoms with Crippen LogP contribution in [0.1, 0.15) is 39.4 Å². The van der Waals surface area contributed by atoms with Gasteiger partial charge in [-0.3, -0.25) is 9.69 Å². The Hall–Kier alpha value is -1.45. The van der Waals surface area contributed by atoms with E-state index in [2.05, 4.69) is 70.2 Å². The number of hydrogen-bond acceptors (Lipinski definition) is 2. The van der Waals surface area contributed by atoms with Crippen LogP contribution >= 0.6 is 15.9 Å². The van der Waals surface area contributed by atoms with Gasteiger partial charge in [0.25, 0.3) is 0 Å². The lowest BCUT2D eigenvalue weighted by atomic mass is 9.85. The van der Waals surface area contributed by atoms with E-state index in [1.54, 1.807) is 0 Å². The van der Waals surface area contributed by atoms with Crippen LogP contribution in [0.15, 0.2) is 46.9 Å². The van der Waals surface area contributed by atoms with Crippen LogP contribution in [0.2, 0.25) is 0 Å². The zero-order valence-corrected chi connectivity index (χ0v) is 14.8. The Labute approximate surface area is 145 Å². The van der Waals surface area contributed by atoms with Gasteiger partial charge in [0.15, 0.2) is 5.78 Å². The minimum absolute atomic E-state index is 0.185. The maximum atomic E-state index is 12.8. The van der Waals surface area contributed by atoms with Crippen molar-refractivity contribution >= 4 is 21.7 Å². The van der Waals surface area contributed by atoms with E-state index in [9.17, 15) is 4.79 Å². The Morgan fingerprint density at radius 1 is 1.17 bits per heavy atom. The van der Waals surface area contributed by atoms with Crippen molar-refractivity contribution in [1.29, 1.82) is 0 Å². The van der Waals surface area contributed by atoms with Crippen LogP contribution in [-0.2, 0) is 6.54 Å². The number of fused-ring (bicyclic) bond motifs is 3. The molecule has 2 aliphatic rings. The normalized spacial score (nSPS) is 23.7. The Morgan fingerprint density at radius 3 is 2.74 bits per heavy atom. The number of piperidine rings is 1. The summed E-state index contributed by atoms with van der Waals surface area (Å²) in [5.41, 5.74) is 4.71. The first kappa shape index (κ1) is 15.1. The van der Waals surface area contributed by atoms with E-state index in [0.29, 0.717) is 11.7 Å². The topological polar surface area (TPSA) is 20.3 Å². The minimum atomic E-state index is 0.185. The van der Waals surface area contributed by atoms with Crippen molar-refractivity contribution in [2.45, 2.75) is 25.8 Å². The van der Waals surface area contributed by atoms with Crippen molar-refractivity contribution in [2.75, 3.05) is 13.1 Å². The number of Topliss-reactive ketones (excluding diaryl/α,β-unsaturated/α-hetero) is 1. The molecule has 23 heavy (non-hydrogen) atoms. The van der Waals surface area contributed by atoms with Crippen LogP contribution in [0.25, 0.3) is 0 Å². The molecule has 1 aliphatic carbocycles. The van der Waals surface area contributed by atoms with Gasteiger partial charge >= 0.3 is 0 Å². The van der Waals surface area contributed by atoms with Gasteiger partial charge in [-0.25, -0.2) is 0 Å². The number of nitrogens with zero attached hydrogens (tertiary/aromatic N) is 1. The van der Waals surface area contributed by atoms with Crippen molar-refractivity contribution in [3.63, 3.8) is 0 Å². The summed E-state index contributed by atoms with van der Waals surface area (Å²) in [6.07, 6.45) is 0.974. The van der Waals surface area contributed by atoms with Crippen LogP contribution < -0.4 is 0 Å². The van der Waals surface area contributed by atoms with Gasteiger partial charge in [0.2, 0.25) is 0 Å². The molecule has 2 aromatic rings. The molecule has 3 heteroatoms. The maximum absolute atomic E-state index is 12.8. The predicted octanol–water partition coefficient (Wildman–Crippen LogP) is 4.56. The Morgan fingerprint density at radius 2 is 1.96 bits per heavy atom. The van der Waals surface area contributed by atoms with Gasteiger partial charge in [0, 0.05) is 35.0 Å². The van der Waals surface area contributed by atoms with Crippen LogP contribution in [0.4, 0.5) is 0 Å². The monoisotopic (exact) mass is 369 g/mol.